The molecule has 0 aliphatic heterocycles. The molecule has 3 aromatic carbocycles. The number of benzene rings is 3. The number of ether oxygens (including phenoxy) is 1. The number of amides is 4. The van der Waals surface area contributed by atoms with E-state index in [0.29, 0.717) is 42.6 Å². The normalized spacial score (nSPS) is 22.0. The van der Waals surface area contributed by atoms with E-state index in [-0.39, 0.29) is 51.9 Å². The van der Waals surface area contributed by atoms with E-state index in [9.17, 15) is 34.3 Å². The first kappa shape index (κ1) is 40.2. The Morgan fingerprint density at radius 2 is 1.67 bits per heavy atom. The highest BCUT2D eigenvalue weighted by Gasteiger charge is 2.66. The van der Waals surface area contributed by atoms with E-state index in [2.05, 4.69) is 38.9 Å². The Hall–Kier alpha value is -7.54. The number of phenolic OH excluding ortho intramolecular Hbond substituents is 1. The summed E-state index contributed by atoms with van der Waals surface area (Å²) in [4.78, 5) is 74.6. The fourth-order valence-corrected chi connectivity index (χ4v) is 8.69. The zero-order valence-electron chi connectivity index (χ0n) is 33.5. The van der Waals surface area contributed by atoms with Crippen molar-refractivity contribution in [2.24, 2.45) is 24.3 Å². The van der Waals surface area contributed by atoms with Gasteiger partial charge in [0.2, 0.25) is 5.91 Å². The molecule has 4 fully saturated rings. The molecule has 0 radical (unpaired) electrons. The van der Waals surface area contributed by atoms with Gasteiger partial charge in [-0.15, -0.1) is 6.58 Å². The molecule has 2 heterocycles. The molecule has 2 bridgehead atoms. The van der Waals surface area contributed by atoms with E-state index in [0.717, 1.165) is 16.9 Å². The molecular weight excluding hydrogens is 781 g/mol. The predicted molar refractivity (Wildman–Crippen MR) is 223 cm³/mol. The molecule has 6 N–H and O–H groups in total. The number of carboxylic acids is 1. The number of hydrogen-bond acceptors (Lipinski definition) is 10. The number of phenols is 1. The van der Waals surface area contributed by atoms with Crippen molar-refractivity contribution in [3.8, 4) is 17.6 Å². The highest BCUT2D eigenvalue weighted by Crippen LogP contribution is 2.65. The zero-order valence-corrected chi connectivity index (χ0v) is 33.5. The Balaban J connectivity index is 0.915. The second kappa shape index (κ2) is 15.2. The molecule has 1 unspecified atom stereocenters. The largest absolute Gasteiger partial charge is 0.504 e. The van der Waals surface area contributed by atoms with Gasteiger partial charge in [0, 0.05) is 24.6 Å². The number of aromatic nitrogens is 3. The summed E-state index contributed by atoms with van der Waals surface area (Å²) in [7, 11) is 1.95. The van der Waals surface area contributed by atoms with Crippen molar-refractivity contribution in [3.63, 3.8) is 0 Å². The standard InChI is InChI=1S/C45H42N8O8/c1-5-27-19-45(27,52-42(59)44-17-26(18-44)31(20-44)38-50-34-16-24(21-46)6-15-35(34)53(38)4)43(60)49-29-11-13-33(47-22-29)40(56)51-32-14-12-30(36(54)37(32)61-23(2)3)39(55)48-28-9-7-25(8-10-28)41(57)58/h5-16,22-23,26-27,31,54H,1,17-20H2,2-4H3,(H,48,55)(H,49,60)(H,51,56)(H,52,59)(H,57,58)/t26?,27-,31?,44?,45-/m0/s1. The van der Waals surface area contributed by atoms with Gasteiger partial charge >= 0.3 is 5.97 Å². The Labute approximate surface area is 349 Å². The lowest BCUT2D eigenvalue weighted by Crippen LogP contribution is -2.54. The van der Waals surface area contributed by atoms with E-state index in [1.54, 1.807) is 32.1 Å². The highest BCUT2D eigenvalue weighted by atomic mass is 16.5. The van der Waals surface area contributed by atoms with Gasteiger partial charge in [-0.2, -0.15) is 5.26 Å². The van der Waals surface area contributed by atoms with Crippen molar-refractivity contribution in [2.75, 3.05) is 16.0 Å². The zero-order chi connectivity index (χ0) is 43.4. The average molecular weight is 823 g/mol. The number of nitrogens with zero attached hydrogens (tertiary/aromatic N) is 4. The van der Waals surface area contributed by atoms with Gasteiger partial charge in [0.15, 0.2) is 11.5 Å². The molecule has 4 amide bonds. The Morgan fingerprint density at radius 3 is 2.31 bits per heavy atom. The summed E-state index contributed by atoms with van der Waals surface area (Å²) in [5.74, 6) is -2.82. The minimum atomic E-state index is -1.19. The number of carbonyl (C=O) groups excluding carboxylic acids is 4. The lowest BCUT2D eigenvalue weighted by molar-refractivity contribution is -0.138. The maximum atomic E-state index is 14.0. The number of fused-ring (bicyclic) bond motifs is 2. The van der Waals surface area contributed by atoms with Crippen LogP contribution in [0.15, 0.2) is 85.6 Å². The summed E-state index contributed by atoms with van der Waals surface area (Å²) in [5.41, 5.74) is 0.898. The highest BCUT2D eigenvalue weighted by molar-refractivity contribution is 6.09. The molecule has 0 spiro atoms. The van der Waals surface area contributed by atoms with Crippen molar-refractivity contribution >= 4 is 57.7 Å². The minimum absolute atomic E-state index is 0.0291. The van der Waals surface area contributed by atoms with Crippen LogP contribution in [0.25, 0.3) is 11.0 Å². The first-order valence-electron chi connectivity index (χ1n) is 19.7. The third-order valence-electron chi connectivity index (χ3n) is 12.0. The van der Waals surface area contributed by atoms with Gasteiger partial charge in [-0.25, -0.2) is 14.8 Å². The molecular formula is C45H42N8O8. The molecule has 61 heavy (non-hydrogen) atoms. The number of anilines is 3. The van der Waals surface area contributed by atoms with Gasteiger partial charge in [0.1, 0.15) is 17.1 Å². The summed E-state index contributed by atoms with van der Waals surface area (Å²) in [6.45, 7) is 7.29. The van der Waals surface area contributed by atoms with Crippen LogP contribution in [0, 0.1) is 28.6 Å². The first-order valence-corrected chi connectivity index (χ1v) is 19.7. The lowest BCUT2D eigenvalue weighted by Gasteiger charge is -2.38. The van der Waals surface area contributed by atoms with Crippen molar-refractivity contribution in [1.82, 2.24) is 19.9 Å². The van der Waals surface area contributed by atoms with Crippen LogP contribution in [0.2, 0.25) is 0 Å². The second-order valence-corrected chi connectivity index (χ2v) is 16.3. The van der Waals surface area contributed by atoms with Crippen molar-refractivity contribution < 1.29 is 38.9 Å². The average Bonchev–Trinajstić information content (AvgIpc) is 3.44. The lowest BCUT2D eigenvalue weighted by atomic mass is 9.68. The van der Waals surface area contributed by atoms with Crippen LogP contribution in [0.4, 0.5) is 17.1 Å². The molecule has 3 atom stereocenters. The molecule has 4 aliphatic rings. The molecule has 310 valence electrons. The Bertz CT molecular complexity index is 2700. The molecule has 0 saturated heterocycles. The molecule has 16 heteroatoms. The molecule has 4 saturated carbocycles. The van der Waals surface area contributed by atoms with Crippen molar-refractivity contribution in [2.45, 2.75) is 57.1 Å². The number of nitrogens with one attached hydrogen (secondary N) is 4. The van der Waals surface area contributed by atoms with Crippen molar-refractivity contribution in [3.05, 3.63) is 114 Å². The van der Waals surface area contributed by atoms with Crippen LogP contribution in [0.1, 0.15) is 88.0 Å². The van der Waals surface area contributed by atoms with E-state index < -0.39 is 46.5 Å². The van der Waals surface area contributed by atoms with Gasteiger partial charge in [-0.3, -0.25) is 19.2 Å². The van der Waals surface area contributed by atoms with Crippen molar-refractivity contribution in [1.29, 1.82) is 5.26 Å². The molecule has 5 aromatic rings. The SMILES string of the molecule is C=C[C@H]1C[C@@]1(NC(=O)C12CC(C1)C(c1nc3cc(C#N)ccc3n1C)C2)C(=O)Nc1ccc(C(=O)Nc2ccc(C(=O)Nc3ccc(C(=O)O)cc3)c(O)c2OC(C)C)nc1. The van der Waals surface area contributed by atoms with Crippen LogP contribution >= 0.6 is 0 Å². The number of rotatable bonds is 13. The number of pyridine rings is 1. The third-order valence-corrected chi connectivity index (χ3v) is 12.0. The number of aromatic carboxylic acids is 1. The molecule has 2 aromatic heterocycles. The monoisotopic (exact) mass is 822 g/mol. The number of imidazole rings is 1. The van der Waals surface area contributed by atoms with E-state index >= 15 is 0 Å². The number of hydrogen-bond donors (Lipinski definition) is 6. The van der Waals surface area contributed by atoms with Gasteiger partial charge in [-0.05, 0) is 112 Å². The van der Waals surface area contributed by atoms with Crippen LogP contribution < -0.4 is 26.0 Å². The summed E-state index contributed by atoms with van der Waals surface area (Å²) in [5, 5.41) is 40.8. The summed E-state index contributed by atoms with van der Waals surface area (Å²) < 4.78 is 7.85. The fraction of sp³-hybridized carbons (Fsp3) is 0.289. The molecule has 4 aliphatic carbocycles. The number of carboxylic acid groups (broad SMARTS) is 1. The van der Waals surface area contributed by atoms with E-state index in [1.807, 2.05) is 17.7 Å². The molecule has 9 rings (SSSR count). The minimum Gasteiger partial charge on any atom is -0.504 e. The first-order chi connectivity index (χ1) is 29.1. The summed E-state index contributed by atoms with van der Waals surface area (Å²) >= 11 is 0. The number of aromatic hydroxyl groups is 1. The number of nitriles is 1. The topological polar surface area (TPSA) is 238 Å². The number of aryl methyl sites for hydroxylation is 1. The van der Waals surface area contributed by atoms with Crippen LogP contribution in [0.5, 0.6) is 11.5 Å². The second-order valence-electron chi connectivity index (χ2n) is 16.3. The Morgan fingerprint density at radius 1 is 0.934 bits per heavy atom. The quantitative estimate of drug-likeness (QED) is 0.0740. The van der Waals surface area contributed by atoms with Crippen LogP contribution in [-0.2, 0) is 16.6 Å². The fourth-order valence-electron chi connectivity index (χ4n) is 8.69. The van der Waals surface area contributed by atoms with Crippen LogP contribution in [-0.4, -0.2) is 66.0 Å². The maximum Gasteiger partial charge on any atom is 0.335 e. The van der Waals surface area contributed by atoms with Gasteiger partial charge < -0.3 is 40.8 Å². The maximum absolute atomic E-state index is 14.0. The van der Waals surface area contributed by atoms with Gasteiger partial charge in [0.25, 0.3) is 17.7 Å². The summed E-state index contributed by atoms with van der Waals surface area (Å²) in [6, 6.07) is 18.7. The smallest absolute Gasteiger partial charge is 0.335 e. The van der Waals surface area contributed by atoms with Crippen LogP contribution in [0.3, 0.4) is 0 Å². The van der Waals surface area contributed by atoms with Gasteiger partial charge in [0.05, 0.1) is 62.9 Å². The predicted octanol–water partition coefficient (Wildman–Crippen LogP) is 6.12. The van der Waals surface area contributed by atoms with E-state index in [4.69, 9.17) is 14.8 Å². The molecule has 16 nitrogen and oxygen atoms in total. The number of carbonyl (C=O) groups is 5. The van der Waals surface area contributed by atoms with Gasteiger partial charge in [-0.1, -0.05) is 6.08 Å². The van der Waals surface area contributed by atoms with E-state index in [1.165, 1.54) is 54.7 Å². The summed E-state index contributed by atoms with van der Waals surface area (Å²) in [6.07, 6.45) is 4.89. The Kier molecular flexibility index (Phi) is 10.1. The third kappa shape index (κ3) is 7.28.